The number of Topliss-reactive ketones (excluding diaryl/α,β-unsaturated/α-hetero) is 1. The molecule has 1 amide bonds. The number of hydrogen-bond acceptors (Lipinski definition) is 4. The Kier molecular flexibility index (Phi) is 7.11. The summed E-state index contributed by atoms with van der Waals surface area (Å²) in [5, 5.41) is 0. The van der Waals surface area contributed by atoms with Crippen LogP contribution in [0.4, 0.5) is 0 Å². The highest BCUT2D eigenvalue weighted by molar-refractivity contribution is 5.96. The lowest BCUT2D eigenvalue weighted by molar-refractivity contribution is -0.131. The highest BCUT2D eigenvalue weighted by atomic mass is 16.2. The molecule has 0 saturated carbocycles. The SMILES string of the molecule is O=C(CCCC(=O)N1CCCN(Cc2ccccn2)CC1)c1ccccc1. The van der Waals surface area contributed by atoms with Crippen molar-refractivity contribution in [3.63, 3.8) is 0 Å². The number of aromatic nitrogens is 1. The topological polar surface area (TPSA) is 53.5 Å². The molecule has 27 heavy (non-hydrogen) atoms. The van der Waals surface area contributed by atoms with E-state index in [4.69, 9.17) is 0 Å². The van der Waals surface area contributed by atoms with Crippen molar-refractivity contribution in [1.29, 1.82) is 0 Å². The van der Waals surface area contributed by atoms with Gasteiger partial charge in [0.2, 0.25) is 5.91 Å². The second-order valence-corrected chi connectivity index (χ2v) is 6.97. The molecule has 1 aliphatic heterocycles. The van der Waals surface area contributed by atoms with E-state index in [1.807, 2.05) is 59.6 Å². The quantitative estimate of drug-likeness (QED) is 0.707. The number of amides is 1. The molecule has 0 unspecified atom stereocenters. The van der Waals surface area contributed by atoms with Crippen LogP contribution in [0.25, 0.3) is 0 Å². The normalized spacial score (nSPS) is 15.3. The van der Waals surface area contributed by atoms with Gasteiger partial charge in [0.15, 0.2) is 5.78 Å². The minimum atomic E-state index is 0.112. The van der Waals surface area contributed by atoms with Crippen molar-refractivity contribution in [3.05, 3.63) is 66.0 Å². The fraction of sp³-hybridized carbons (Fsp3) is 0.409. The maximum absolute atomic E-state index is 12.5. The van der Waals surface area contributed by atoms with Gasteiger partial charge in [0.25, 0.3) is 0 Å². The molecule has 0 spiro atoms. The van der Waals surface area contributed by atoms with E-state index < -0.39 is 0 Å². The Morgan fingerprint density at radius 1 is 0.889 bits per heavy atom. The highest BCUT2D eigenvalue weighted by Crippen LogP contribution is 2.11. The standard InChI is InChI=1S/C22H27N3O2/c26-21(19-8-2-1-3-9-19)11-6-12-22(27)25-15-7-14-24(16-17-25)18-20-10-4-5-13-23-20/h1-5,8-10,13H,6-7,11-12,14-18H2. The molecule has 5 heteroatoms. The Labute approximate surface area is 161 Å². The van der Waals surface area contributed by atoms with Crippen LogP contribution in [0.3, 0.4) is 0 Å². The minimum absolute atomic E-state index is 0.112. The molecule has 1 aromatic carbocycles. The van der Waals surface area contributed by atoms with E-state index in [9.17, 15) is 9.59 Å². The third-order valence-electron chi connectivity index (χ3n) is 4.94. The summed E-state index contributed by atoms with van der Waals surface area (Å²) in [6, 6.07) is 15.3. The Hall–Kier alpha value is -2.53. The number of nitrogens with zero attached hydrogens (tertiary/aromatic N) is 3. The third kappa shape index (κ3) is 6.00. The molecule has 2 heterocycles. The Balaban J connectivity index is 1.41. The summed E-state index contributed by atoms with van der Waals surface area (Å²) in [6.45, 7) is 4.22. The van der Waals surface area contributed by atoms with Gasteiger partial charge < -0.3 is 4.90 Å². The second kappa shape index (κ2) is 9.97. The molecule has 0 atom stereocenters. The zero-order valence-electron chi connectivity index (χ0n) is 15.7. The molecule has 0 N–H and O–H groups in total. The number of carbonyl (C=O) groups excluding carboxylic acids is 2. The average molecular weight is 365 g/mol. The zero-order valence-corrected chi connectivity index (χ0v) is 15.7. The molecule has 1 aromatic heterocycles. The van der Waals surface area contributed by atoms with Gasteiger partial charge in [-0.15, -0.1) is 0 Å². The molecule has 2 aromatic rings. The van der Waals surface area contributed by atoms with Crippen LogP contribution >= 0.6 is 0 Å². The first-order chi connectivity index (χ1) is 13.2. The van der Waals surface area contributed by atoms with E-state index in [2.05, 4.69) is 9.88 Å². The number of rotatable bonds is 7. The second-order valence-electron chi connectivity index (χ2n) is 6.97. The van der Waals surface area contributed by atoms with E-state index in [1.54, 1.807) is 0 Å². The number of ketones is 1. The van der Waals surface area contributed by atoms with Gasteiger partial charge in [0, 0.05) is 57.3 Å². The van der Waals surface area contributed by atoms with Crippen LogP contribution in [0, 0.1) is 0 Å². The van der Waals surface area contributed by atoms with Crippen LogP contribution in [0.5, 0.6) is 0 Å². The summed E-state index contributed by atoms with van der Waals surface area (Å²) in [6.07, 6.45) is 4.27. The first-order valence-electron chi connectivity index (χ1n) is 9.70. The Morgan fingerprint density at radius 3 is 2.48 bits per heavy atom. The smallest absolute Gasteiger partial charge is 0.222 e. The van der Waals surface area contributed by atoms with Crippen molar-refractivity contribution < 1.29 is 9.59 Å². The molecule has 5 nitrogen and oxygen atoms in total. The van der Waals surface area contributed by atoms with Gasteiger partial charge in [-0.05, 0) is 25.0 Å². The van der Waals surface area contributed by atoms with Gasteiger partial charge in [-0.1, -0.05) is 36.4 Å². The molecule has 0 radical (unpaired) electrons. The maximum atomic E-state index is 12.5. The van der Waals surface area contributed by atoms with Crippen molar-refractivity contribution in [2.24, 2.45) is 0 Å². The summed E-state index contributed by atoms with van der Waals surface area (Å²) < 4.78 is 0. The predicted octanol–water partition coefficient (Wildman–Crippen LogP) is 3.17. The first kappa shape index (κ1) is 19.2. The van der Waals surface area contributed by atoms with Gasteiger partial charge in [-0.25, -0.2) is 0 Å². The van der Waals surface area contributed by atoms with Crippen molar-refractivity contribution >= 4 is 11.7 Å². The highest BCUT2D eigenvalue weighted by Gasteiger charge is 2.19. The summed E-state index contributed by atoms with van der Waals surface area (Å²) in [7, 11) is 0. The lowest BCUT2D eigenvalue weighted by Crippen LogP contribution is -2.35. The van der Waals surface area contributed by atoms with Crippen molar-refractivity contribution in [3.8, 4) is 0 Å². The largest absolute Gasteiger partial charge is 0.341 e. The van der Waals surface area contributed by atoms with E-state index in [-0.39, 0.29) is 11.7 Å². The van der Waals surface area contributed by atoms with E-state index in [1.165, 1.54) is 0 Å². The van der Waals surface area contributed by atoms with Gasteiger partial charge in [0.05, 0.1) is 5.69 Å². The van der Waals surface area contributed by atoms with E-state index in [0.29, 0.717) is 19.3 Å². The van der Waals surface area contributed by atoms with Gasteiger partial charge in [0.1, 0.15) is 0 Å². The molecule has 0 aliphatic carbocycles. The number of benzene rings is 1. The predicted molar refractivity (Wildman–Crippen MR) is 105 cm³/mol. The van der Waals surface area contributed by atoms with Crippen molar-refractivity contribution in [2.45, 2.75) is 32.2 Å². The zero-order chi connectivity index (χ0) is 18.9. The summed E-state index contributed by atoms with van der Waals surface area (Å²) in [5.74, 6) is 0.274. The van der Waals surface area contributed by atoms with Crippen LogP contribution in [0.15, 0.2) is 54.7 Å². The van der Waals surface area contributed by atoms with Crippen LogP contribution < -0.4 is 0 Å². The number of hydrogen-bond donors (Lipinski definition) is 0. The summed E-state index contributed by atoms with van der Waals surface area (Å²) in [5.41, 5.74) is 1.79. The van der Waals surface area contributed by atoms with Gasteiger partial charge >= 0.3 is 0 Å². The average Bonchev–Trinajstić information content (AvgIpc) is 2.95. The summed E-state index contributed by atoms with van der Waals surface area (Å²) in [4.78, 5) is 33.3. The number of carbonyl (C=O) groups is 2. The fourth-order valence-corrected chi connectivity index (χ4v) is 3.43. The molecule has 1 fully saturated rings. The maximum Gasteiger partial charge on any atom is 0.222 e. The Bertz CT molecular complexity index is 734. The van der Waals surface area contributed by atoms with E-state index >= 15 is 0 Å². The van der Waals surface area contributed by atoms with Crippen molar-refractivity contribution in [2.75, 3.05) is 26.2 Å². The van der Waals surface area contributed by atoms with Gasteiger partial charge in [-0.2, -0.15) is 0 Å². The van der Waals surface area contributed by atoms with Crippen LogP contribution in [0.1, 0.15) is 41.7 Å². The van der Waals surface area contributed by atoms with Crippen LogP contribution in [-0.2, 0) is 11.3 Å². The van der Waals surface area contributed by atoms with E-state index in [0.717, 1.165) is 50.4 Å². The van der Waals surface area contributed by atoms with Crippen LogP contribution in [0.2, 0.25) is 0 Å². The molecule has 142 valence electrons. The minimum Gasteiger partial charge on any atom is -0.341 e. The molecule has 1 saturated heterocycles. The lowest BCUT2D eigenvalue weighted by atomic mass is 10.1. The molecular weight excluding hydrogens is 338 g/mol. The molecule has 0 bridgehead atoms. The third-order valence-corrected chi connectivity index (χ3v) is 4.94. The van der Waals surface area contributed by atoms with Crippen LogP contribution in [-0.4, -0.2) is 52.7 Å². The fourth-order valence-electron chi connectivity index (χ4n) is 3.43. The first-order valence-corrected chi connectivity index (χ1v) is 9.70. The monoisotopic (exact) mass is 365 g/mol. The number of pyridine rings is 1. The summed E-state index contributed by atoms with van der Waals surface area (Å²) >= 11 is 0. The lowest BCUT2D eigenvalue weighted by Gasteiger charge is -2.22. The van der Waals surface area contributed by atoms with Crippen molar-refractivity contribution in [1.82, 2.24) is 14.8 Å². The Morgan fingerprint density at radius 2 is 1.70 bits per heavy atom. The molecular formula is C22H27N3O2. The molecule has 3 rings (SSSR count). The van der Waals surface area contributed by atoms with Gasteiger partial charge in [-0.3, -0.25) is 19.5 Å². The molecule has 1 aliphatic rings.